The molecule has 0 saturated carbocycles. The molecule has 0 spiro atoms. The zero-order valence-corrected chi connectivity index (χ0v) is 9.64. The van der Waals surface area contributed by atoms with E-state index in [0.29, 0.717) is 11.3 Å². The quantitative estimate of drug-likeness (QED) is 0.732. The van der Waals surface area contributed by atoms with Crippen LogP contribution in [0.5, 0.6) is 5.75 Å². The van der Waals surface area contributed by atoms with E-state index >= 15 is 0 Å². The average molecular weight is 221 g/mol. The molecule has 0 fully saturated rings. The number of carbonyl (C=O) groups excluding carboxylic acids is 1. The van der Waals surface area contributed by atoms with E-state index in [9.17, 15) is 4.79 Å². The van der Waals surface area contributed by atoms with E-state index in [2.05, 4.69) is 4.98 Å². The summed E-state index contributed by atoms with van der Waals surface area (Å²) in [6, 6.07) is 3.66. The first-order chi connectivity index (χ1) is 7.11. The number of ketones is 1. The van der Waals surface area contributed by atoms with Gasteiger partial charge in [0.15, 0.2) is 5.78 Å². The van der Waals surface area contributed by atoms with Crippen molar-refractivity contribution in [1.82, 2.24) is 4.98 Å². The van der Waals surface area contributed by atoms with Crippen molar-refractivity contribution >= 4 is 27.3 Å². The first-order valence-corrected chi connectivity index (χ1v) is 5.39. The highest BCUT2D eigenvalue weighted by Crippen LogP contribution is 2.29. The Hall–Kier alpha value is -1.42. The number of hydrogen-bond acceptors (Lipinski definition) is 4. The molecule has 0 atom stereocenters. The normalized spacial score (nSPS) is 10.6. The minimum atomic E-state index is -0.000553. The maximum atomic E-state index is 11.4. The number of aryl methyl sites for hydroxylation is 1. The Balaban J connectivity index is 2.73. The molecule has 0 bridgehead atoms. The van der Waals surface area contributed by atoms with Crippen molar-refractivity contribution < 1.29 is 9.53 Å². The number of methoxy groups -OCH3 is 1. The van der Waals surface area contributed by atoms with Crippen molar-refractivity contribution in [3.8, 4) is 5.75 Å². The molecule has 0 N–H and O–H groups in total. The van der Waals surface area contributed by atoms with Crippen molar-refractivity contribution in [3.63, 3.8) is 0 Å². The zero-order chi connectivity index (χ0) is 11.0. The summed E-state index contributed by atoms with van der Waals surface area (Å²) in [4.78, 5) is 15.7. The Morgan fingerprint density at radius 3 is 2.80 bits per heavy atom. The van der Waals surface area contributed by atoms with Crippen LogP contribution in [0.1, 0.15) is 22.3 Å². The molecule has 0 aliphatic rings. The van der Waals surface area contributed by atoms with Crippen LogP contribution in [-0.4, -0.2) is 17.9 Å². The van der Waals surface area contributed by atoms with Crippen LogP contribution >= 0.6 is 11.3 Å². The molecule has 4 heteroatoms. The molecule has 0 radical (unpaired) electrons. The molecular weight excluding hydrogens is 210 g/mol. The number of carbonyl (C=O) groups is 1. The first kappa shape index (κ1) is 10.1. The highest BCUT2D eigenvalue weighted by Gasteiger charge is 2.11. The fraction of sp³-hybridized carbons (Fsp3) is 0.273. The third kappa shape index (κ3) is 1.72. The van der Waals surface area contributed by atoms with Gasteiger partial charge in [-0.25, -0.2) is 4.98 Å². The molecule has 1 heterocycles. The second-order valence-electron chi connectivity index (χ2n) is 3.31. The highest BCUT2D eigenvalue weighted by atomic mass is 32.1. The molecule has 0 aliphatic carbocycles. The Kier molecular flexibility index (Phi) is 2.44. The molecule has 0 amide bonds. The lowest BCUT2D eigenvalue weighted by molar-refractivity contribution is 0.101. The van der Waals surface area contributed by atoms with Gasteiger partial charge in [-0.2, -0.15) is 0 Å². The largest absolute Gasteiger partial charge is 0.496 e. The molecule has 3 nitrogen and oxygen atoms in total. The predicted molar refractivity (Wildman–Crippen MR) is 60.9 cm³/mol. The molecule has 1 aromatic carbocycles. The number of hydrogen-bond donors (Lipinski definition) is 0. The maximum Gasteiger partial charge on any atom is 0.163 e. The Labute approximate surface area is 91.7 Å². The number of nitrogens with zero attached hydrogens (tertiary/aromatic N) is 1. The van der Waals surface area contributed by atoms with Crippen LogP contribution in [0.15, 0.2) is 12.1 Å². The second-order valence-corrected chi connectivity index (χ2v) is 4.54. The van der Waals surface area contributed by atoms with Crippen LogP contribution in [0, 0.1) is 6.92 Å². The summed E-state index contributed by atoms with van der Waals surface area (Å²) in [6.45, 7) is 3.48. The van der Waals surface area contributed by atoms with Gasteiger partial charge in [-0.15, -0.1) is 11.3 Å². The standard InChI is InChI=1S/C11H11NO2S/c1-6(13)8-4-9-11(5-10(8)14-3)15-7(2)12-9/h4-5H,1-3H3. The number of rotatable bonds is 2. The van der Waals surface area contributed by atoms with E-state index in [4.69, 9.17) is 4.74 Å². The molecule has 1 aromatic heterocycles. The van der Waals surface area contributed by atoms with E-state index in [1.807, 2.05) is 13.0 Å². The number of benzene rings is 1. The van der Waals surface area contributed by atoms with Crippen LogP contribution in [0.25, 0.3) is 10.2 Å². The smallest absolute Gasteiger partial charge is 0.163 e. The lowest BCUT2D eigenvalue weighted by Gasteiger charge is -2.04. The summed E-state index contributed by atoms with van der Waals surface area (Å²) < 4.78 is 6.23. The van der Waals surface area contributed by atoms with Crippen LogP contribution in [0.4, 0.5) is 0 Å². The summed E-state index contributed by atoms with van der Waals surface area (Å²) in [5, 5.41) is 0.993. The minimum Gasteiger partial charge on any atom is -0.496 e. The van der Waals surface area contributed by atoms with Gasteiger partial charge in [0.05, 0.1) is 27.9 Å². The van der Waals surface area contributed by atoms with Crippen molar-refractivity contribution in [2.24, 2.45) is 0 Å². The van der Waals surface area contributed by atoms with Crippen molar-refractivity contribution in [3.05, 3.63) is 22.7 Å². The Morgan fingerprint density at radius 1 is 1.47 bits per heavy atom. The van der Waals surface area contributed by atoms with Gasteiger partial charge in [0.2, 0.25) is 0 Å². The topological polar surface area (TPSA) is 39.2 Å². The van der Waals surface area contributed by atoms with Crippen molar-refractivity contribution in [2.45, 2.75) is 13.8 Å². The molecular formula is C11H11NO2S. The van der Waals surface area contributed by atoms with Gasteiger partial charge in [-0.3, -0.25) is 4.79 Å². The first-order valence-electron chi connectivity index (χ1n) is 4.58. The van der Waals surface area contributed by atoms with E-state index in [1.54, 1.807) is 24.5 Å². The van der Waals surface area contributed by atoms with Gasteiger partial charge in [-0.1, -0.05) is 0 Å². The summed E-state index contributed by atoms with van der Waals surface area (Å²) >= 11 is 1.60. The van der Waals surface area contributed by atoms with Gasteiger partial charge in [-0.05, 0) is 19.9 Å². The molecule has 78 valence electrons. The average Bonchev–Trinajstić information content (AvgIpc) is 2.54. The minimum absolute atomic E-state index is 0.000553. The SMILES string of the molecule is COc1cc2sc(C)nc2cc1C(C)=O. The van der Waals surface area contributed by atoms with Crippen molar-refractivity contribution in [2.75, 3.05) is 7.11 Å². The molecule has 0 aliphatic heterocycles. The van der Waals surface area contributed by atoms with Gasteiger partial charge < -0.3 is 4.74 Å². The summed E-state index contributed by atoms with van der Waals surface area (Å²) in [5.74, 6) is 0.623. The lowest BCUT2D eigenvalue weighted by atomic mass is 10.1. The number of Topliss-reactive ketones (excluding diaryl/α,β-unsaturated/α-hetero) is 1. The van der Waals surface area contributed by atoms with Gasteiger partial charge in [0, 0.05) is 6.07 Å². The van der Waals surface area contributed by atoms with Crippen LogP contribution < -0.4 is 4.74 Å². The van der Waals surface area contributed by atoms with Gasteiger partial charge in [0.25, 0.3) is 0 Å². The third-order valence-electron chi connectivity index (χ3n) is 2.20. The summed E-state index contributed by atoms with van der Waals surface area (Å²) in [7, 11) is 1.57. The predicted octanol–water partition coefficient (Wildman–Crippen LogP) is 2.82. The van der Waals surface area contributed by atoms with E-state index in [0.717, 1.165) is 15.2 Å². The van der Waals surface area contributed by atoms with E-state index in [-0.39, 0.29) is 5.78 Å². The fourth-order valence-corrected chi connectivity index (χ4v) is 2.35. The number of fused-ring (bicyclic) bond motifs is 1. The fourth-order valence-electron chi connectivity index (χ4n) is 1.51. The Morgan fingerprint density at radius 2 is 2.20 bits per heavy atom. The Bertz CT molecular complexity index is 531. The van der Waals surface area contributed by atoms with Gasteiger partial charge >= 0.3 is 0 Å². The van der Waals surface area contributed by atoms with Crippen molar-refractivity contribution in [1.29, 1.82) is 0 Å². The van der Waals surface area contributed by atoms with E-state index in [1.165, 1.54) is 6.92 Å². The number of aromatic nitrogens is 1. The molecule has 15 heavy (non-hydrogen) atoms. The van der Waals surface area contributed by atoms with Crippen LogP contribution in [0.2, 0.25) is 0 Å². The van der Waals surface area contributed by atoms with Crippen LogP contribution in [0.3, 0.4) is 0 Å². The lowest BCUT2D eigenvalue weighted by Crippen LogP contribution is -1.97. The number of thiazole rings is 1. The molecule has 2 rings (SSSR count). The number of ether oxygens (including phenoxy) is 1. The maximum absolute atomic E-state index is 11.4. The van der Waals surface area contributed by atoms with Gasteiger partial charge in [0.1, 0.15) is 5.75 Å². The molecule has 2 aromatic rings. The van der Waals surface area contributed by atoms with E-state index < -0.39 is 0 Å². The second kappa shape index (κ2) is 3.62. The third-order valence-corrected chi connectivity index (χ3v) is 3.13. The summed E-state index contributed by atoms with van der Waals surface area (Å²) in [5.41, 5.74) is 1.46. The summed E-state index contributed by atoms with van der Waals surface area (Å²) in [6.07, 6.45) is 0. The monoisotopic (exact) mass is 221 g/mol. The highest BCUT2D eigenvalue weighted by molar-refractivity contribution is 7.18. The molecule has 0 unspecified atom stereocenters. The molecule has 0 saturated heterocycles. The zero-order valence-electron chi connectivity index (χ0n) is 8.83. The van der Waals surface area contributed by atoms with Crippen LogP contribution in [-0.2, 0) is 0 Å².